The van der Waals surface area contributed by atoms with E-state index >= 15 is 0 Å². The average molecular weight is 148 g/mol. The lowest BCUT2D eigenvalue weighted by molar-refractivity contribution is 0.302. The number of allylic oxidation sites excluding steroid dienone is 2. The fraction of sp³-hybridized carbons (Fsp3) is 0.636. The van der Waals surface area contributed by atoms with Crippen LogP contribution in [0.1, 0.15) is 25.7 Å². The predicted octanol–water partition coefficient (Wildman–Crippen LogP) is 3.16. The van der Waals surface area contributed by atoms with Crippen LogP contribution in [0.4, 0.5) is 0 Å². The van der Waals surface area contributed by atoms with Crippen LogP contribution in [0.15, 0.2) is 25.3 Å². The first-order valence-corrected chi connectivity index (χ1v) is 4.57. The molecule has 2 saturated carbocycles. The molecule has 11 heavy (non-hydrogen) atoms. The van der Waals surface area contributed by atoms with Gasteiger partial charge in [0.1, 0.15) is 0 Å². The highest BCUT2D eigenvalue weighted by molar-refractivity contribution is 5.13. The Labute approximate surface area is 69.0 Å². The fourth-order valence-electron chi connectivity index (χ4n) is 3.01. The summed E-state index contributed by atoms with van der Waals surface area (Å²) >= 11 is 0. The van der Waals surface area contributed by atoms with Crippen molar-refractivity contribution in [3.05, 3.63) is 25.3 Å². The van der Waals surface area contributed by atoms with Crippen molar-refractivity contribution in [1.82, 2.24) is 0 Å². The lowest BCUT2D eigenvalue weighted by Gasteiger charge is -2.29. The SMILES string of the molecule is C=CC1CC2CCC1(C=C)C2. The molecule has 0 nitrogen and oxygen atoms in total. The Morgan fingerprint density at radius 3 is 2.64 bits per heavy atom. The molecule has 2 bridgehead atoms. The van der Waals surface area contributed by atoms with Gasteiger partial charge in [0, 0.05) is 0 Å². The summed E-state index contributed by atoms with van der Waals surface area (Å²) in [5.74, 6) is 1.72. The summed E-state index contributed by atoms with van der Waals surface area (Å²) in [5.41, 5.74) is 0.465. The van der Waals surface area contributed by atoms with Crippen molar-refractivity contribution in [2.45, 2.75) is 25.7 Å². The van der Waals surface area contributed by atoms with E-state index in [9.17, 15) is 0 Å². The first kappa shape index (κ1) is 7.15. The van der Waals surface area contributed by atoms with Crippen LogP contribution in [-0.4, -0.2) is 0 Å². The van der Waals surface area contributed by atoms with Gasteiger partial charge in [-0.25, -0.2) is 0 Å². The summed E-state index contributed by atoms with van der Waals surface area (Å²) < 4.78 is 0. The van der Waals surface area contributed by atoms with Crippen LogP contribution in [0.25, 0.3) is 0 Å². The number of hydrogen-bond donors (Lipinski definition) is 0. The van der Waals surface area contributed by atoms with E-state index in [4.69, 9.17) is 0 Å². The molecule has 0 amide bonds. The second-order valence-corrected chi connectivity index (χ2v) is 4.12. The van der Waals surface area contributed by atoms with Gasteiger partial charge >= 0.3 is 0 Å². The van der Waals surface area contributed by atoms with Crippen molar-refractivity contribution in [3.63, 3.8) is 0 Å². The summed E-state index contributed by atoms with van der Waals surface area (Å²) in [6.07, 6.45) is 9.87. The van der Waals surface area contributed by atoms with E-state index in [-0.39, 0.29) is 0 Å². The van der Waals surface area contributed by atoms with Crippen LogP contribution in [0.2, 0.25) is 0 Å². The number of rotatable bonds is 2. The Morgan fingerprint density at radius 2 is 2.18 bits per heavy atom. The van der Waals surface area contributed by atoms with Gasteiger partial charge in [-0.1, -0.05) is 12.2 Å². The molecule has 2 fully saturated rings. The summed E-state index contributed by atoms with van der Waals surface area (Å²) in [4.78, 5) is 0. The minimum absolute atomic E-state index is 0.465. The molecule has 0 radical (unpaired) electrons. The van der Waals surface area contributed by atoms with Gasteiger partial charge in [0.25, 0.3) is 0 Å². The third kappa shape index (κ3) is 0.817. The Hall–Kier alpha value is -0.520. The zero-order valence-electron chi connectivity index (χ0n) is 7.05. The highest BCUT2D eigenvalue weighted by Crippen LogP contribution is 2.58. The van der Waals surface area contributed by atoms with Crippen molar-refractivity contribution in [2.24, 2.45) is 17.3 Å². The monoisotopic (exact) mass is 148 g/mol. The van der Waals surface area contributed by atoms with Gasteiger partial charge in [-0.2, -0.15) is 0 Å². The maximum absolute atomic E-state index is 3.96. The second kappa shape index (κ2) is 2.23. The Kier molecular flexibility index (Phi) is 1.45. The van der Waals surface area contributed by atoms with Gasteiger partial charge in [-0.15, -0.1) is 13.2 Å². The number of fused-ring (bicyclic) bond motifs is 2. The van der Waals surface area contributed by atoms with Crippen molar-refractivity contribution in [3.8, 4) is 0 Å². The standard InChI is InChI=1S/C11H16/c1-3-10-7-9-5-6-11(10,4-2)8-9/h3-4,9-10H,1-2,5-8H2. The van der Waals surface area contributed by atoms with E-state index in [1.165, 1.54) is 25.7 Å². The van der Waals surface area contributed by atoms with Crippen molar-refractivity contribution in [1.29, 1.82) is 0 Å². The maximum atomic E-state index is 3.96. The molecule has 0 aliphatic heterocycles. The van der Waals surface area contributed by atoms with E-state index in [2.05, 4.69) is 25.3 Å². The Morgan fingerprint density at radius 1 is 1.36 bits per heavy atom. The molecule has 0 saturated heterocycles. The van der Waals surface area contributed by atoms with E-state index in [1.807, 2.05) is 0 Å². The minimum Gasteiger partial charge on any atom is -0.103 e. The van der Waals surface area contributed by atoms with Gasteiger partial charge < -0.3 is 0 Å². The Bertz CT molecular complexity index is 192. The van der Waals surface area contributed by atoms with Gasteiger partial charge in [0.2, 0.25) is 0 Å². The fourth-order valence-corrected chi connectivity index (χ4v) is 3.01. The predicted molar refractivity (Wildman–Crippen MR) is 48.3 cm³/mol. The minimum atomic E-state index is 0.465. The van der Waals surface area contributed by atoms with Gasteiger partial charge in [-0.3, -0.25) is 0 Å². The molecule has 0 aromatic rings. The molecular weight excluding hydrogens is 132 g/mol. The normalized spacial score (nSPS) is 47.6. The third-order valence-corrected chi connectivity index (χ3v) is 3.70. The molecular formula is C11H16. The molecule has 2 rings (SSSR count). The largest absolute Gasteiger partial charge is 0.103 e. The Balaban J connectivity index is 2.27. The second-order valence-electron chi connectivity index (χ2n) is 4.12. The van der Waals surface area contributed by atoms with Crippen LogP contribution in [0, 0.1) is 17.3 Å². The van der Waals surface area contributed by atoms with E-state index in [1.54, 1.807) is 0 Å². The molecule has 0 heterocycles. The van der Waals surface area contributed by atoms with Crippen LogP contribution >= 0.6 is 0 Å². The molecule has 2 aliphatic rings. The van der Waals surface area contributed by atoms with E-state index in [0.29, 0.717) is 5.41 Å². The van der Waals surface area contributed by atoms with Crippen LogP contribution in [0.5, 0.6) is 0 Å². The summed E-state index contributed by atoms with van der Waals surface area (Å²) in [5, 5.41) is 0. The molecule has 0 heteroatoms. The third-order valence-electron chi connectivity index (χ3n) is 3.70. The van der Waals surface area contributed by atoms with Gasteiger partial charge in [-0.05, 0) is 42.9 Å². The topological polar surface area (TPSA) is 0 Å². The summed E-state index contributed by atoms with van der Waals surface area (Å²) in [6.45, 7) is 7.87. The summed E-state index contributed by atoms with van der Waals surface area (Å²) in [7, 11) is 0. The molecule has 0 N–H and O–H groups in total. The molecule has 3 unspecified atom stereocenters. The zero-order valence-corrected chi connectivity index (χ0v) is 7.05. The molecule has 0 spiro atoms. The van der Waals surface area contributed by atoms with Crippen molar-refractivity contribution in [2.75, 3.05) is 0 Å². The quantitative estimate of drug-likeness (QED) is 0.528. The van der Waals surface area contributed by atoms with Gasteiger partial charge in [0.05, 0.1) is 0 Å². The molecule has 2 aliphatic carbocycles. The lowest BCUT2D eigenvalue weighted by Crippen LogP contribution is -2.20. The molecule has 60 valence electrons. The maximum Gasteiger partial charge on any atom is -0.00554 e. The molecule has 3 atom stereocenters. The van der Waals surface area contributed by atoms with Crippen molar-refractivity contribution >= 4 is 0 Å². The summed E-state index contributed by atoms with van der Waals surface area (Å²) in [6, 6.07) is 0. The van der Waals surface area contributed by atoms with Crippen LogP contribution in [-0.2, 0) is 0 Å². The molecule has 0 aromatic carbocycles. The highest BCUT2D eigenvalue weighted by atomic mass is 14.5. The zero-order chi connectivity index (χ0) is 7.90. The average Bonchev–Trinajstić information content (AvgIpc) is 2.60. The van der Waals surface area contributed by atoms with Crippen molar-refractivity contribution < 1.29 is 0 Å². The first-order valence-electron chi connectivity index (χ1n) is 4.57. The van der Waals surface area contributed by atoms with E-state index in [0.717, 1.165) is 11.8 Å². The number of hydrogen-bond acceptors (Lipinski definition) is 0. The van der Waals surface area contributed by atoms with Crippen LogP contribution < -0.4 is 0 Å². The van der Waals surface area contributed by atoms with Crippen LogP contribution in [0.3, 0.4) is 0 Å². The van der Waals surface area contributed by atoms with E-state index < -0.39 is 0 Å². The molecule has 0 aromatic heterocycles. The first-order chi connectivity index (χ1) is 5.30. The smallest absolute Gasteiger partial charge is 0.00554 e. The van der Waals surface area contributed by atoms with Gasteiger partial charge in [0.15, 0.2) is 0 Å². The lowest BCUT2D eigenvalue weighted by atomic mass is 9.75. The highest BCUT2D eigenvalue weighted by Gasteiger charge is 2.48.